The first kappa shape index (κ1) is 17.1. The molecule has 25 heavy (non-hydrogen) atoms. The van der Waals surface area contributed by atoms with Crippen LogP contribution in [0.15, 0.2) is 53.9 Å². The van der Waals surface area contributed by atoms with Crippen molar-refractivity contribution in [1.29, 1.82) is 0 Å². The number of carbonyl (C=O) groups is 1. The number of benzene rings is 1. The average molecular weight is 358 g/mol. The molecule has 2 aromatic heterocycles. The van der Waals surface area contributed by atoms with Crippen LogP contribution in [0.4, 0.5) is 0 Å². The smallest absolute Gasteiger partial charge is 0.316 e. The maximum atomic E-state index is 11.6. The van der Waals surface area contributed by atoms with Crippen LogP contribution in [0.25, 0.3) is 11.4 Å². The van der Waals surface area contributed by atoms with E-state index in [2.05, 4.69) is 10.2 Å². The van der Waals surface area contributed by atoms with Gasteiger partial charge in [0, 0.05) is 18.0 Å². The van der Waals surface area contributed by atoms with E-state index in [0.717, 1.165) is 11.3 Å². The SMILES string of the molecule is CCOC(=O)CSc1nnc(-c2ccc(OC)cc2)n1-n1cccc1. The topological polar surface area (TPSA) is 71.2 Å². The Hall–Kier alpha value is -2.74. The number of rotatable bonds is 7. The van der Waals surface area contributed by atoms with E-state index in [4.69, 9.17) is 9.47 Å². The first-order chi connectivity index (χ1) is 12.2. The zero-order valence-electron chi connectivity index (χ0n) is 14.0. The summed E-state index contributed by atoms with van der Waals surface area (Å²) in [6.45, 7) is 2.15. The number of thioether (sulfide) groups is 1. The fourth-order valence-corrected chi connectivity index (χ4v) is 3.00. The molecule has 0 atom stereocenters. The number of hydrogen-bond acceptors (Lipinski definition) is 6. The second kappa shape index (κ2) is 7.89. The van der Waals surface area contributed by atoms with Crippen molar-refractivity contribution in [3.05, 3.63) is 48.8 Å². The molecule has 0 unspecified atom stereocenters. The van der Waals surface area contributed by atoms with Gasteiger partial charge in [-0.15, -0.1) is 10.2 Å². The molecule has 0 radical (unpaired) electrons. The van der Waals surface area contributed by atoms with Gasteiger partial charge in [-0.1, -0.05) is 11.8 Å². The number of ether oxygens (including phenoxy) is 2. The predicted octanol–water partition coefficient (Wildman–Crippen LogP) is 2.72. The van der Waals surface area contributed by atoms with E-state index in [9.17, 15) is 4.79 Å². The lowest BCUT2D eigenvalue weighted by Gasteiger charge is -2.11. The van der Waals surface area contributed by atoms with Crippen molar-refractivity contribution < 1.29 is 14.3 Å². The third-order valence-electron chi connectivity index (χ3n) is 3.40. The fourth-order valence-electron chi connectivity index (χ4n) is 2.27. The van der Waals surface area contributed by atoms with E-state index in [1.807, 2.05) is 58.1 Å². The summed E-state index contributed by atoms with van der Waals surface area (Å²) in [6, 6.07) is 11.4. The fraction of sp³-hybridized carbons (Fsp3) is 0.235. The molecule has 0 aliphatic heterocycles. The molecule has 0 saturated carbocycles. The Morgan fingerprint density at radius 3 is 2.52 bits per heavy atom. The zero-order valence-corrected chi connectivity index (χ0v) is 14.8. The Bertz CT molecular complexity index is 828. The number of esters is 1. The molecule has 130 valence electrons. The van der Waals surface area contributed by atoms with Gasteiger partial charge >= 0.3 is 5.97 Å². The van der Waals surface area contributed by atoms with Crippen LogP contribution in [0, 0.1) is 0 Å². The Morgan fingerprint density at radius 1 is 1.16 bits per heavy atom. The number of nitrogens with zero attached hydrogens (tertiary/aromatic N) is 4. The van der Waals surface area contributed by atoms with Crippen LogP contribution in [-0.2, 0) is 9.53 Å². The number of carbonyl (C=O) groups excluding carboxylic acids is 1. The van der Waals surface area contributed by atoms with E-state index in [-0.39, 0.29) is 11.7 Å². The van der Waals surface area contributed by atoms with Crippen LogP contribution < -0.4 is 4.74 Å². The number of hydrogen-bond donors (Lipinski definition) is 0. The van der Waals surface area contributed by atoms with Crippen molar-refractivity contribution in [3.8, 4) is 17.1 Å². The Kier molecular flexibility index (Phi) is 5.39. The molecule has 0 bridgehead atoms. The minimum Gasteiger partial charge on any atom is -0.497 e. The number of aromatic nitrogens is 4. The molecule has 7 nitrogen and oxygen atoms in total. The lowest BCUT2D eigenvalue weighted by atomic mass is 10.2. The molecule has 0 aliphatic carbocycles. The molecular weight excluding hydrogens is 340 g/mol. The monoisotopic (exact) mass is 358 g/mol. The summed E-state index contributed by atoms with van der Waals surface area (Å²) in [5, 5.41) is 9.15. The molecule has 0 N–H and O–H groups in total. The summed E-state index contributed by atoms with van der Waals surface area (Å²) in [5.41, 5.74) is 0.894. The van der Waals surface area contributed by atoms with E-state index >= 15 is 0 Å². The summed E-state index contributed by atoms with van der Waals surface area (Å²) in [5.74, 6) is 1.34. The maximum Gasteiger partial charge on any atom is 0.316 e. The lowest BCUT2D eigenvalue weighted by molar-refractivity contribution is -0.139. The van der Waals surface area contributed by atoms with Crippen molar-refractivity contribution in [1.82, 2.24) is 19.5 Å². The minimum absolute atomic E-state index is 0.176. The first-order valence-corrected chi connectivity index (χ1v) is 8.73. The van der Waals surface area contributed by atoms with Gasteiger partial charge in [0.15, 0.2) is 5.82 Å². The molecule has 0 spiro atoms. The van der Waals surface area contributed by atoms with E-state index in [1.165, 1.54) is 11.8 Å². The van der Waals surface area contributed by atoms with Crippen LogP contribution >= 0.6 is 11.8 Å². The summed E-state index contributed by atoms with van der Waals surface area (Å²) < 4.78 is 13.9. The molecule has 2 heterocycles. The van der Waals surface area contributed by atoms with Gasteiger partial charge < -0.3 is 9.47 Å². The molecule has 1 aromatic carbocycles. The van der Waals surface area contributed by atoms with Gasteiger partial charge in [-0.3, -0.25) is 9.47 Å². The van der Waals surface area contributed by atoms with Crippen LogP contribution in [0.1, 0.15) is 6.92 Å². The highest BCUT2D eigenvalue weighted by Gasteiger charge is 2.17. The first-order valence-electron chi connectivity index (χ1n) is 7.74. The normalized spacial score (nSPS) is 10.6. The maximum absolute atomic E-state index is 11.6. The second-order valence-corrected chi connectivity index (χ2v) is 5.95. The van der Waals surface area contributed by atoms with Crippen LogP contribution in [0.5, 0.6) is 5.75 Å². The van der Waals surface area contributed by atoms with Gasteiger partial charge in [-0.2, -0.15) is 0 Å². The molecule has 8 heteroatoms. The van der Waals surface area contributed by atoms with Crippen molar-refractivity contribution in [2.75, 3.05) is 19.5 Å². The molecule has 0 aliphatic rings. The summed E-state index contributed by atoms with van der Waals surface area (Å²) >= 11 is 1.29. The molecule has 3 rings (SSSR count). The Labute approximate surface area is 149 Å². The van der Waals surface area contributed by atoms with Gasteiger partial charge in [0.25, 0.3) is 0 Å². The zero-order chi connectivity index (χ0) is 17.6. The van der Waals surface area contributed by atoms with E-state index in [1.54, 1.807) is 14.0 Å². The van der Waals surface area contributed by atoms with E-state index in [0.29, 0.717) is 17.6 Å². The van der Waals surface area contributed by atoms with Crippen molar-refractivity contribution in [2.45, 2.75) is 12.1 Å². The van der Waals surface area contributed by atoms with Gasteiger partial charge in [0.2, 0.25) is 5.16 Å². The molecule has 0 saturated heterocycles. The summed E-state index contributed by atoms with van der Waals surface area (Å²) in [7, 11) is 1.63. The minimum atomic E-state index is -0.277. The quantitative estimate of drug-likeness (QED) is 0.478. The Balaban J connectivity index is 1.94. The third-order valence-corrected chi connectivity index (χ3v) is 4.30. The number of methoxy groups -OCH3 is 1. The highest BCUT2D eigenvalue weighted by molar-refractivity contribution is 7.99. The van der Waals surface area contributed by atoms with Crippen molar-refractivity contribution in [2.24, 2.45) is 0 Å². The van der Waals surface area contributed by atoms with Gasteiger partial charge in [0.05, 0.1) is 19.5 Å². The van der Waals surface area contributed by atoms with Crippen LogP contribution in [-0.4, -0.2) is 45.0 Å². The van der Waals surface area contributed by atoms with Crippen molar-refractivity contribution in [3.63, 3.8) is 0 Å². The summed E-state index contributed by atoms with van der Waals surface area (Å²) in [6.07, 6.45) is 3.79. The lowest BCUT2D eigenvalue weighted by Crippen LogP contribution is -2.12. The predicted molar refractivity (Wildman–Crippen MR) is 94.6 cm³/mol. The van der Waals surface area contributed by atoms with Gasteiger partial charge in [-0.05, 0) is 43.3 Å². The largest absolute Gasteiger partial charge is 0.497 e. The molecule has 3 aromatic rings. The van der Waals surface area contributed by atoms with Gasteiger partial charge in [0.1, 0.15) is 5.75 Å². The van der Waals surface area contributed by atoms with Crippen LogP contribution in [0.2, 0.25) is 0 Å². The molecule has 0 fully saturated rings. The summed E-state index contributed by atoms with van der Waals surface area (Å²) in [4.78, 5) is 11.6. The standard InChI is InChI=1S/C17H18N4O3S/c1-3-24-15(22)12-25-17-19-18-16(21(17)20-10-4-5-11-20)13-6-8-14(23-2)9-7-13/h4-11H,3,12H2,1-2H3. The highest BCUT2D eigenvalue weighted by Crippen LogP contribution is 2.26. The highest BCUT2D eigenvalue weighted by atomic mass is 32.2. The Morgan fingerprint density at radius 2 is 1.88 bits per heavy atom. The van der Waals surface area contributed by atoms with Gasteiger partial charge in [-0.25, -0.2) is 4.68 Å². The van der Waals surface area contributed by atoms with Crippen LogP contribution in [0.3, 0.4) is 0 Å². The van der Waals surface area contributed by atoms with E-state index < -0.39 is 0 Å². The second-order valence-electron chi connectivity index (χ2n) is 5.00. The molecular formula is C17H18N4O3S. The third kappa shape index (κ3) is 3.85. The average Bonchev–Trinajstić information content (AvgIpc) is 3.29. The van der Waals surface area contributed by atoms with Crippen molar-refractivity contribution >= 4 is 17.7 Å². The molecule has 0 amide bonds.